The SMILES string of the molecule is Cc1cc(C(C)N[B]C(C)(C)C)c2cc(Cl)n(C)c(=O)c2c1. The van der Waals surface area contributed by atoms with Gasteiger partial charge in [0.25, 0.3) is 5.56 Å². The number of nitrogens with zero attached hydrogens (tertiary/aromatic N) is 1. The van der Waals surface area contributed by atoms with Crippen LogP contribution in [0.1, 0.15) is 44.9 Å². The minimum absolute atomic E-state index is 0.0561. The van der Waals surface area contributed by atoms with E-state index in [4.69, 9.17) is 11.6 Å². The Bertz CT molecular complexity index is 762. The summed E-state index contributed by atoms with van der Waals surface area (Å²) in [4.78, 5) is 12.4. The first-order valence-corrected chi connectivity index (χ1v) is 7.88. The van der Waals surface area contributed by atoms with Gasteiger partial charge in [0, 0.05) is 18.5 Å². The van der Waals surface area contributed by atoms with E-state index in [1.54, 1.807) is 7.05 Å². The van der Waals surface area contributed by atoms with E-state index in [1.165, 1.54) is 4.57 Å². The van der Waals surface area contributed by atoms with Crippen molar-refractivity contribution < 1.29 is 0 Å². The Morgan fingerprint density at radius 3 is 2.45 bits per heavy atom. The van der Waals surface area contributed by atoms with Crippen LogP contribution in [0.25, 0.3) is 10.8 Å². The summed E-state index contributed by atoms with van der Waals surface area (Å²) in [7, 11) is 3.79. The zero-order valence-electron chi connectivity index (χ0n) is 14.1. The Hall–Kier alpha value is -1.26. The molecule has 0 amide bonds. The van der Waals surface area contributed by atoms with Crippen molar-refractivity contribution in [2.45, 2.75) is 46.0 Å². The van der Waals surface area contributed by atoms with Crippen LogP contribution in [0.3, 0.4) is 0 Å². The highest BCUT2D eigenvalue weighted by molar-refractivity contribution is 6.36. The van der Waals surface area contributed by atoms with Crippen molar-refractivity contribution in [3.8, 4) is 0 Å². The van der Waals surface area contributed by atoms with Gasteiger partial charge in [-0.15, -0.1) is 0 Å². The first kappa shape index (κ1) is 17.1. The largest absolute Gasteiger partial charge is 0.354 e. The van der Waals surface area contributed by atoms with Gasteiger partial charge in [-0.1, -0.05) is 38.4 Å². The van der Waals surface area contributed by atoms with Crippen LogP contribution >= 0.6 is 11.6 Å². The average Bonchev–Trinajstić information content (AvgIpc) is 2.42. The van der Waals surface area contributed by atoms with Crippen molar-refractivity contribution in [3.05, 3.63) is 44.8 Å². The van der Waals surface area contributed by atoms with E-state index in [-0.39, 0.29) is 16.9 Å². The molecule has 0 bridgehead atoms. The molecule has 0 spiro atoms. The lowest BCUT2D eigenvalue weighted by molar-refractivity contribution is 0.678. The maximum atomic E-state index is 12.4. The molecule has 1 N–H and O–H groups in total. The highest BCUT2D eigenvalue weighted by atomic mass is 35.5. The second-order valence-corrected chi connectivity index (χ2v) is 7.43. The lowest BCUT2D eigenvalue weighted by atomic mass is 9.64. The van der Waals surface area contributed by atoms with Gasteiger partial charge in [-0.25, -0.2) is 0 Å². The molecule has 3 nitrogen and oxygen atoms in total. The lowest BCUT2D eigenvalue weighted by Crippen LogP contribution is -2.30. The van der Waals surface area contributed by atoms with Crippen LogP contribution in [0.5, 0.6) is 0 Å². The summed E-state index contributed by atoms with van der Waals surface area (Å²) in [5.41, 5.74) is 2.11. The third-order valence-electron chi connectivity index (χ3n) is 3.71. The first-order chi connectivity index (χ1) is 10.1. The van der Waals surface area contributed by atoms with Crippen LogP contribution in [0.15, 0.2) is 23.0 Å². The van der Waals surface area contributed by atoms with Gasteiger partial charge in [0.05, 0.1) is 0 Å². The first-order valence-electron chi connectivity index (χ1n) is 7.50. The molecule has 1 unspecified atom stereocenters. The zero-order valence-corrected chi connectivity index (χ0v) is 14.9. The molecule has 1 aromatic heterocycles. The fourth-order valence-corrected chi connectivity index (χ4v) is 2.67. The molecule has 117 valence electrons. The number of benzene rings is 1. The van der Waals surface area contributed by atoms with Gasteiger partial charge < -0.3 is 9.79 Å². The normalized spacial score (nSPS) is 13.4. The summed E-state index contributed by atoms with van der Waals surface area (Å²) >= 11 is 6.19. The minimum Gasteiger partial charge on any atom is -0.354 e. The summed E-state index contributed by atoms with van der Waals surface area (Å²) in [5.74, 6) is 0. The van der Waals surface area contributed by atoms with Gasteiger partial charge in [-0.05, 0) is 47.8 Å². The molecule has 22 heavy (non-hydrogen) atoms. The number of halogens is 1. The quantitative estimate of drug-likeness (QED) is 0.686. The zero-order chi connectivity index (χ0) is 16.7. The predicted octanol–water partition coefficient (Wildman–Crippen LogP) is 3.99. The second kappa shape index (κ2) is 6.09. The van der Waals surface area contributed by atoms with E-state index in [9.17, 15) is 4.79 Å². The molecule has 0 fully saturated rings. The number of pyridine rings is 1. The van der Waals surface area contributed by atoms with Gasteiger partial charge in [-0.3, -0.25) is 4.79 Å². The minimum atomic E-state index is -0.0561. The molecule has 1 radical (unpaired) electrons. The van der Waals surface area contributed by atoms with Crippen LogP contribution in [0, 0.1) is 6.92 Å². The fourth-order valence-electron chi connectivity index (χ4n) is 2.48. The van der Waals surface area contributed by atoms with E-state index in [0.717, 1.165) is 16.5 Å². The standard InChI is InChI=1S/C17H23BClN2O/c1-10-7-12(11(2)20-18-17(3,4)5)13-9-15(19)21(6)16(22)14(13)8-10/h7-9,11,20H,1-6H3. The number of fused-ring (bicyclic) bond motifs is 1. The smallest absolute Gasteiger partial charge is 0.259 e. The van der Waals surface area contributed by atoms with E-state index in [2.05, 4.69) is 46.4 Å². The molecule has 2 aromatic rings. The maximum Gasteiger partial charge on any atom is 0.259 e. The number of hydrogen-bond donors (Lipinski definition) is 1. The molecular weight excluding hydrogens is 294 g/mol. The van der Waals surface area contributed by atoms with Gasteiger partial charge in [-0.2, -0.15) is 0 Å². The topological polar surface area (TPSA) is 34.0 Å². The third kappa shape index (κ3) is 3.56. The molecular formula is C17H23BClN2O. The molecule has 1 aromatic carbocycles. The monoisotopic (exact) mass is 317 g/mol. The van der Waals surface area contributed by atoms with Crippen LogP contribution in [0.4, 0.5) is 0 Å². The van der Waals surface area contributed by atoms with Crippen LogP contribution in [-0.2, 0) is 7.05 Å². The van der Waals surface area contributed by atoms with E-state index < -0.39 is 0 Å². The third-order valence-corrected chi connectivity index (χ3v) is 4.07. The Balaban J connectivity index is 2.56. The second-order valence-electron chi connectivity index (χ2n) is 7.05. The van der Waals surface area contributed by atoms with Crippen molar-refractivity contribution in [1.29, 1.82) is 0 Å². The molecule has 1 heterocycles. The van der Waals surface area contributed by atoms with Gasteiger partial charge in [0.2, 0.25) is 7.41 Å². The number of rotatable bonds is 3. The number of aryl methyl sites for hydroxylation is 1. The van der Waals surface area contributed by atoms with Gasteiger partial charge >= 0.3 is 0 Å². The van der Waals surface area contributed by atoms with Crippen LogP contribution in [-0.4, -0.2) is 12.0 Å². The van der Waals surface area contributed by atoms with E-state index in [0.29, 0.717) is 10.5 Å². The number of aromatic nitrogens is 1. The van der Waals surface area contributed by atoms with Crippen molar-refractivity contribution in [3.63, 3.8) is 0 Å². The molecule has 0 aliphatic heterocycles. The summed E-state index contributed by atoms with van der Waals surface area (Å²) in [6.45, 7) is 10.5. The van der Waals surface area contributed by atoms with Crippen molar-refractivity contribution in [2.75, 3.05) is 0 Å². The highest BCUT2D eigenvalue weighted by Gasteiger charge is 2.18. The summed E-state index contributed by atoms with van der Waals surface area (Å²) < 4.78 is 1.48. The fraction of sp³-hybridized carbons (Fsp3) is 0.471. The Morgan fingerprint density at radius 1 is 1.23 bits per heavy atom. The van der Waals surface area contributed by atoms with Gasteiger partial charge in [0.1, 0.15) is 5.15 Å². The van der Waals surface area contributed by atoms with Gasteiger partial charge in [0.15, 0.2) is 0 Å². The van der Waals surface area contributed by atoms with Crippen molar-refractivity contribution >= 4 is 29.8 Å². The van der Waals surface area contributed by atoms with Crippen molar-refractivity contribution in [1.82, 2.24) is 9.79 Å². The molecule has 0 aliphatic carbocycles. The Labute approximate surface area is 137 Å². The molecule has 1 atom stereocenters. The van der Waals surface area contributed by atoms with Crippen molar-refractivity contribution in [2.24, 2.45) is 7.05 Å². The summed E-state index contributed by atoms with van der Waals surface area (Å²) in [6, 6.07) is 6.02. The predicted molar refractivity (Wildman–Crippen MR) is 96.0 cm³/mol. The molecule has 5 heteroatoms. The maximum absolute atomic E-state index is 12.4. The average molecular weight is 318 g/mol. The summed E-state index contributed by atoms with van der Waals surface area (Å²) in [5, 5.41) is 5.60. The molecule has 0 saturated carbocycles. The van der Waals surface area contributed by atoms with Crippen LogP contribution in [0.2, 0.25) is 10.5 Å². The van der Waals surface area contributed by atoms with Crippen LogP contribution < -0.4 is 10.8 Å². The Morgan fingerprint density at radius 2 is 1.86 bits per heavy atom. The number of hydrogen-bond acceptors (Lipinski definition) is 2. The lowest BCUT2D eigenvalue weighted by Gasteiger charge is -2.23. The summed E-state index contributed by atoms with van der Waals surface area (Å²) in [6.07, 6.45) is 0. The molecule has 2 rings (SSSR count). The number of nitrogens with one attached hydrogen (secondary N) is 1. The molecule has 0 aliphatic rings. The highest BCUT2D eigenvalue weighted by Crippen LogP contribution is 2.27. The van der Waals surface area contributed by atoms with E-state index >= 15 is 0 Å². The Kier molecular flexibility index (Phi) is 4.74. The van der Waals surface area contributed by atoms with E-state index in [1.807, 2.05) is 19.1 Å². The molecule has 0 saturated heterocycles.